The van der Waals surface area contributed by atoms with Crippen LogP contribution in [0.1, 0.15) is 30.4 Å². The van der Waals surface area contributed by atoms with Crippen molar-refractivity contribution in [2.75, 3.05) is 6.54 Å². The molecule has 0 radical (unpaired) electrons. The van der Waals surface area contributed by atoms with Crippen LogP contribution in [0.5, 0.6) is 0 Å². The van der Waals surface area contributed by atoms with E-state index in [1.54, 1.807) is 0 Å². The third-order valence-electron chi connectivity index (χ3n) is 3.91. The van der Waals surface area contributed by atoms with Crippen molar-refractivity contribution in [2.24, 2.45) is 11.8 Å². The fraction of sp³-hybridized carbons (Fsp3) is 0.533. The molecule has 1 aromatic rings. The van der Waals surface area contributed by atoms with E-state index in [2.05, 4.69) is 5.32 Å². The second-order valence-corrected chi connectivity index (χ2v) is 5.77. The lowest BCUT2D eigenvalue weighted by molar-refractivity contribution is -0.142. The van der Waals surface area contributed by atoms with Gasteiger partial charge in [-0.05, 0) is 49.4 Å². The van der Waals surface area contributed by atoms with Crippen molar-refractivity contribution in [3.63, 3.8) is 0 Å². The monoisotopic (exact) mass is 281 g/mol. The molecular formula is C15H20ClNO2. The minimum Gasteiger partial charge on any atom is -0.481 e. The highest BCUT2D eigenvalue weighted by Gasteiger charge is 2.32. The fourth-order valence-corrected chi connectivity index (χ4v) is 3.10. The van der Waals surface area contributed by atoms with Gasteiger partial charge in [0.1, 0.15) is 0 Å². The Bertz CT molecular complexity index is 461. The number of hydrogen-bond acceptors (Lipinski definition) is 2. The summed E-state index contributed by atoms with van der Waals surface area (Å²) in [6, 6.07) is 6.01. The van der Waals surface area contributed by atoms with Crippen LogP contribution in [0, 0.1) is 18.8 Å². The normalized spacial score (nSPS) is 22.6. The summed E-state index contributed by atoms with van der Waals surface area (Å²) >= 11 is 6.17. The molecule has 2 N–H and O–H groups in total. The van der Waals surface area contributed by atoms with E-state index < -0.39 is 5.97 Å². The van der Waals surface area contributed by atoms with E-state index >= 15 is 0 Å². The summed E-state index contributed by atoms with van der Waals surface area (Å²) in [5.41, 5.74) is 2.22. The first-order valence-corrected chi connectivity index (χ1v) is 7.14. The number of benzene rings is 1. The number of carboxylic acid groups (broad SMARTS) is 1. The summed E-state index contributed by atoms with van der Waals surface area (Å²) in [5.74, 6) is -0.583. The molecule has 0 bridgehead atoms. The number of aliphatic carboxylic acids is 1. The molecule has 3 nitrogen and oxygen atoms in total. The first-order valence-electron chi connectivity index (χ1n) is 6.76. The summed E-state index contributed by atoms with van der Waals surface area (Å²) in [7, 11) is 0. The van der Waals surface area contributed by atoms with Crippen LogP contribution < -0.4 is 5.32 Å². The SMILES string of the molecule is Cc1ccc(CNCC2CCCC2C(=O)O)c(Cl)c1. The Morgan fingerprint density at radius 3 is 2.95 bits per heavy atom. The van der Waals surface area contributed by atoms with Gasteiger partial charge in [0.15, 0.2) is 0 Å². The Morgan fingerprint density at radius 2 is 2.26 bits per heavy atom. The predicted octanol–water partition coefficient (Wildman–Crippen LogP) is 3.24. The molecule has 104 valence electrons. The Hall–Kier alpha value is -1.06. The molecule has 1 fully saturated rings. The van der Waals surface area contributed by atoms with Crippen LogP contribution in [0.4, 0.5) is 0 Å². The molecule has 1 saturated carbocycles. The van der Waals surface area contributed by atoms with Gasteiger partial charge in [0.05, 0.1) is 5.92 Å². The van der Waals surface area contributed by atoms with Crippen LogP contribution in [0.15, 0.2) is 18.2 Å². The lowest BCUT2D eigenvalue weighted by Crippen LogP contribution is -2.28. The van der Waals surface area contributed by atoms with Crippen LogP contribution in [0.2, 0.25) is 5.02 Å². The molecule has 0 spiro atoms. The molecule has 0 amide bonds. The number of carboxylic acids is 1. The summed E-state index contributed by atoms with van der Waals surface area (Å²) in [4.78, 5) is 11.1. The number of carbonyl (C=O) groups is 1. The summed E-state index contributed by atoms with van der Waals surface area (Å²) in [6.45, 7) is 3.46. The Labute approximate surface area is 119 Å². The van der Waals surface area contributed by atoms with Gasteiger partial charge in [0, 0.05) is 11.6 Å². The van der Waals surface area contributed by atoms with E-state index in [0.29, 0.717) is 6.54 Å². The molecule has 0 aromatic heterocycles. The molecule has 1 aliphatic rings. The highest BCUT2D eigenvalue weighted by Crippen LogP contribution is 2.31. The third-order valence-corrected chi connectivity index (χ3v) is 4.26. The maximum atomic E-state index is 11.1. The predicted molar refractivity (Wildman–Crippen MR) is 76.4 cm³/mol. The average molecular weight is 282 g/mol. The zero-order valence-electron chi connectivity index (χ0n) is 11.2. The largest absolute Gasteiger partial charge is 0.481 e. The van der Waals surface area contributed by atoms with E-state index in [1.165, 1.54) is 0 Å². The van der Waals surface area contributed by atoms with Crippen molar-refractivity contribution in [3.05, 3.63) is 34.3 Å². The smallest absolute Gasteiger partial charge is 0.306 e. The molecule has 0 aliphatic heterocycles. The highest BCUT2D eigenvalue weighted by atomic mass is 35.5. The molecule has 2 atom stereocenters. The van der Waals surface area contributed by atoms with Gasteiger partial charge in [-0.3, -0.25) is 4.79 Å². The molecule has 0 saturated heterocycles. The van der Waals surface area contributed by atoms with Crippen LogP contribution >= 0.6 is 11.6 Å². The van der Waals surface area contributed by atoms with Gasteiger partial charge < -0.3 is 10.4 Å². The van der Waals surface area contributed by atoms with E-state index in [1.807, 2.05) is 25.1 Å². The fourth-order valence-electron chi connectivity index (χ4n) is 2.79. The van der Waals surface area contributed by atoms with Gasteiger partial charge >= 0.3 is 5.97 Å². The Morgan fingerprint density at radius 1 is 1.47 bits per heavy atom. The van der Waals surface area contributed by atoms with Gasteiger partial charge in [-0.15, -0.1) is 0 Å². The standard InChI is InChI=1S/C15H20ClNO2/c1-10-5-6-12(14(16)7-10)9-17-8-11-3-2-4-13(11)15(18)19/h5-7,11,13,17H,2-4,8-9H2,1H3,(H,18,19). The van der Waals surface area contributed by atoms with E-state index in [9.17, 15) is 4.79 Å². The summed E-state index contributed by atoms with van der Waals surface area (Å²) < 4.78 is 0. The quantitative estimate of drug-likeness (QED) is 0.871. The Balaban J connectivity index is 1.84. The van der Waals surface area contributed by atoms with Crippen molar-refractivity contribution in [1.29, 1.82) is 0 Å². The van der Waals surface area contributed by atoms with Crippen molar-refractivity contribution in [1.82, 2.24) is 5.32 Å². The van der Waals surface area contributed by atoms with Gasteiger partial charge in [-0.25, -0.2) is 0 Å². The second-order valence-electron chi connectivity index (χ2n) is 5.36. The van der Waals surface area contributed by atoms with Crippen LogP contribution in [-0.4, -0.2) is 17.6 Å². The number of nitrogens with one attached hydrogen (secondary N) is 1. The Kier molecular flexibility index (Phi) is 4.83. The number of hydrogen-bond donors (Lipinski definition) is 2. The van der Waals surface area contributed by atoms with E-state index in [-0.39, 0.29) is 11.8 Å². The summed E-state index contributed by atoms with van der Waals surface area (Å²) in [5, 5.41) is 13.2. The minimum atomic E-state index is -0.655. The van der Waals surface area contributed by atoms with Crippen molar-refractivity contribution < 1.29 is 9.90 Å². The van der Waals surface area contributed by atoms with Gasteiger partial charge in [0.25, 0.3) is 0 Å². The molecular weight excluding hydrogens is 262 g/mol. The van der Waals surface area contributed by atoms with E-state index in [0.717, 1.165) is 42.0 Å². The molecule has 4 heteroatoms. The molecule has 0 heterocycles. The lowest BCUT2D eigenvalue weighted by atomic mass is 9.96. The van der Waals surface area contributed by atoms with Crippen LogP contribution in [-0.2, 0) is 11.3 Å². The lowest BCUT2D eigenvalue weighted by Gasteiger charge is -2.16. The summed E-state index contributed by atoms with van der Waals surface area (Å²) in [6.07, 6.45) is 2.84. The number of aryl methyl sites for hydroxylation is 1. The third kappa shape index (κ3) is 3.71. The number of rotatable bonds is 5. The maximum Gasteiger partial charge on any atom is 0.306 e. The van der Waals surface area contributed by atoms with Crippen LogP contribution in [0.3, 0.4) is 0 Å². The van der Waals surface area contributed by atoms with Gasteiger partial charge in [-0.1, -0.05) is 30.2 Å². The molecule has 2 rings (SSSR count). The maximum absolute atomic E-state index is 11.1. The van der Waals surface area contributed by atoms with Crippen molar-refractivity contribution in [2.45, 2.75) is 32.7 Å². The molecule has 2 unspecified atom stereocenters. The minimum absolute atomic E-state index is 0.180. The first-order chi connectivity index (χ1) is 9.08. The second kappa shape index (κ2) is 6.40. The van der Waals surface area contributed by atoms with Gasteiger partial charge in [-0.2, -0.15) is 0 Å². The van der Waals surface area contributed by atoms with Crippen molar-refractivity contribution in [3.8, 4) is 0 Å². The van der Waals surface area contributed by atoms with Crippen molar-refractivity contribution >= 4 is 17.6 Å². The molecule has 19 heavy (non-hydrogen) atoms. The molecule has 1 aliphatic carbocycles. The number of halogens is 1. The van der Waals surface area contributed by atoms with Gasteiger partial charge in [0.2, 0.25) is 0 Å². The zero-order chi connectivity index (χ0) is 13.8. The van der Waals surface area contributed by atoms with Crippen LogP contribution in [0.25, 0.3) is 0 Å². The molecule has 1 aromatic carbocycles. The first kappa shape index (κ1) is 14.4. The average Bonchev–Trinajstić information content (AvgIpc) is 2.80. The highest BCUT2D eigenvalue weighted by molar-refractivity contribution is 6.31. The topological polar surface area (TPSA) is 49.3 Å². The van der Waals surface area contributed by atoms with E-state index in [4.69, 9.17) is 16.7 Å². The zero-order valence-corrected chi connectivity index (χ0v) is 11.9.